The summed E-state index contributed by atoms with van der Waals surface area (Å²) in [4.78, 5) is 26.1. The van der Waals surface area contributed by atoms with Gasteiger partial charge in [0.15, 0.2) is 6.10 Å². The second-order valence-corrected chi connectivity index (χ2v) is 6.75. The standard InChI is InChI=1S/C21H22F2N2O3/c1-25-18(26)13-28-20(19(25)15-6-10-17(23)11-7-15)21(27)24-12-2-3-14-4-8-16(22)9-5-14/h4-11,19-20H,2-3,12-13H2,1H3,(H,24,27)/t19-,20-/m0/s1. The van der Waals surface area contributed by atoms with Crippen LogP contribution >= 0.6 is 0 Å². The van der Waals surface area contributed by atoms with E-state index in [0.717, 1.165) is 5.56 Å². The quantitative estimate of drug-likeness (QED) is 0.774. The second-order valence-electron chi connectivity index (χ2n) is 6.75. The minimum absolute atomic E-state index is 0.179. The van der Waals surface area contributed by atoms with Crippen molar-refractivity contribution in [2.45, 2.75) is 25.0 Å². The van der Waals surface area contributed by atoms with Gasteiger partial charge in [-0.05, 0) is 48.2 Å². The van der Waals surface area contributed by atoms with Crippen LogP contribution in [0.5, 0.6) is 0 Å². The molecule has 2 atom stereocenters. The number of nitrogens with zero attached hydrogens (tertiary/aromatic N) is 1. The summed E-state index contributed by atoms with van der Waals surface area (Å²) in [6.45, 7) is 0.242. The molecule has 5 nitrogen and oxygen atoms in total. The number of likely N-dealkylation sites (N-methyl/N-ethyl adjacent to an activating group) is 1. The number of morpholine rings is 1. The molecule has 1 N–H and O–H groups in total. The predicted molar refractivity (Wildman–Crippen MR) is 99.4 cm³/mol. The van der Waals surface area contributed by atoms with E-state index >= 15 is 0 Å². The van der Waals surface area contributed by atoms with Crippen molar-refractivity contribution < 1.29 is 23.1 Å². The molecule has 3 rings (SSSR count). The number of hydrogen-bond acceptors (Lipinski definition) is 3. The Bertz CT molecular complexity index is 825. The van der Waals surface area contributed by atoms with Crippen molar-refractivity contribution in [2.24, 2.45) is 0 Å². The molecule has 0 radical (unpaired) electrons. The zero-order valence-electron chi connectivity index (χ0n) is 15.5. The molecule has 0 spiro atoms. The Morgan fingerprint density at radius 1 is 1.11 bits per heavy atom. The van der Waals surface area contributed by atoms with Crippen molar-refractivity contribution in [1.29, 1.82) is 0 Å². The predicted octanol–water partition coefficient (Wildman–Crippen LogP) is 2.61. The summed E-state index contributed by atoms with van der Waals surface area (Å²) in [7, 11) is 1.60. The van der Waals surface area contributed by atoms with E-state index in [-0.39, 0.29) is 24.2 Å². The Hall–Kier alpha value is -2.80. The first-order valence-corrected chi connectivity index (χ1v) is 9.10. The summed E-state index contributed by atoms with van der Waals surface area (Å²) in [5.74, 6) is -1.24. The molecule has 28 heavy (non-hydrogen) atoms. The Labute approximate surface area is 162 Å². The van der Waals surface area contributed by atoms with Crippen LogP contribution in [0.15, 0.2) is 48.5 Å². The average molecular weight is 388 g/mol. The van der Waals surface area contributed by atoms with E-state index in [1.54, 1.807) is 31.3 Å². The van der Waals surface area contributed by atoms with Gasteiger partial charge >= 0.3 is 0 Å². The molecule has 1 saturated heterocycles. The lowest BCUT2D eigenvalue weighted by Gasteiger charge is -2.38. The molecule has 0 aliphatic carbocycles. The topological polar surface area (TPSA) is 58.6 Å². The van der Waals surface area contributed by atoms with Crippen LogP contribution in [0.2, 0.25) is 0 Å². The van der Waals surface area contributed by atoms with Crippen molar-refractivity contribution >= 4 is 11.8 Å². The van der Waals surface area contributed by atoms with Gasteiger partial charge in [-0.15, -0.1) is 0 Å². The van der Waals surface area contributed by atoms with Crippen LogP contribution in [0, 0.1) is 11.6 Å². The fraction of sp³-hybridized carbons (Fsp3) is 0.333. The highest BCUT2D eigenvalue weighted by Crippen LogP contribution is 2.29. The van der Waals surface area contributed by atoms with E-state index in [4.69, 9.17) is 4.74 Å². The number of carbonyl (C=O) groups is 2. The third-order valence-electron chi connectivity index (χ3n) is 4.81. The third kappa shape index (κ3) is 4.72. The van der Waals surface area contributed by atoms with Crippen LogP contribution in [-0.2, 0) is 20.7 Å². The lowest BCUT2D eigenvalue weighted by molar-refractivity contribution is -0.162. The molecule has 148 valence electrons. The molecule has 0 saturated carbocycles. The monoisotopic (exact) mass is 388 g/mol. The van der Waals surface area contributed by atoms with Crippen LogP contribution in [0.1, 0.15) is 23.6 Å². The van der Waals surface area contributed by atoms with Crippen LogP contribution < -0.4 is 5.32 Å². The summed E-state index contributed by atoms with van der Waals surface area (Å²) in [6, 6.07) is 11.3. The maximum absolute atomic E-state index is 13.2. The number of ether oxygens (including phenoxy) is 1. The molecule has 2 aromatic rings. The minimum atomic E-state index is -0.876. The zero-order chi connectivity index (χ0) is 20.1. The molecule has 1 aliphatic heterocycles. The Morgan fingerprint density at radius 2 is 1.71 bits per heavy atom. The van der Waals surface area contributed by atoms with Crippen molar-refractivity contribution in [3.8, 4) is 0 Å². The number of hydrogen-bond donors (Lipinski definition) is 1. The van der Waals surface area contributed by atoms with Crippen LogP contribution in [-0.4, -0.2) is 43.0 Å². The number of halogens is 2. The molecule has 0 aromatic heterocycles. The summed E-state index contributed by atoms with van der Waals surface area (Å²) >= 11 is 0. The molecular formula is C21H22F2N2O3. The van der Waals surface area contributed by atoms with Crippen molar-refractivity contribution in [3.63, 3.8) is 0 Å². The van der Waals surface area contributed by atoms with Gasteiger partial charge in [-0.2, -0.15) is 0 Å². The van der Waals surface area contributed by atoms with Crippen LogP contribution in [0.25, 0.3) is 0 Å². The molecule has 1 fully saturated rings. The SMILES string of the molecule is CN1C(=O)CO[C@H](C(=O)NCCCc2ccc(F)cc2)[C@@H]1c1ccc(F)cc1. The highest BCUT2D eigenvalue weighted by molar-refractivity contribution is 5.86. The van der Waals surface area contributed by atoms with E-state index in [1.807, 2.05) is 0 Å². The van der Waals surface area contributed by atoms with Gasteiger partial charge in [0, 0.05) is 13.6 Å². The van der Waals surface area contributed by atoms with E-state index in [1.165, 1.54) is 29.2 Å². The number of amides is 2. The first-order valence-electron chi connectivity index (χ1n) is 9.10. The van der Waals surface area contributed by atoms with E-state index in [9.17, 15) is 18.4 Å². The summed E-state index contributed by atoms with van der Waals surface area (Å²) in [5, 5.41) is 2.83. The first-order chi connectivity index (χ1) is 13.5. The van der Waals surface area contributed by atoms with Crippen LogP contribution in [0.3, 0.4) is 0 Å². The lowest BCUT2D eigenvalue weighted by atomic mass is 9.97. The van der Waals surface area contributed by atoms with Gasteiger partial charge < -0.3 is 15.0 Å². The second kappa shape index (κ2) is 8.93. The summed E-state index contributed by atoms with van der Waals surface area (Å²) < 4.78 is 31.7. The van der Waals surface area contributed by atoms with Gasteiger partial charge in [-0.1, -0.05) is 24.3 Å². The van der Waals surface area contributed by atoms with Crippen LogP contribution in [0.4, 0.5) is 8.78 Å². The number of rotatable bonds is 6. The Morgan fingerprint density at radius 3 is 2.36 bits per heavy atom. The fourth-order valence-corrected chi connectivity index (χ4v) is 3.25. The number of aryl methyl sites for hydroxylation is 1. The number of benzene rings is 2. The molecule has 1 aliphatic rings. The van der Waals surface area contributed by atoms with Crippen molar-refractivity contribution in [1.82, 2.24) is 10.2 Å². The average Bonchev–Trinajstić information content (AvgIpc) is 2.69. The van der Waals surface area contributed by atoms with Gasteiger partial charge in [-0.25, -0.2) is 8.78 Å². The molecular weight excluding hydrogens is 366 g/mol. The maximum atomic E-state index is 13.2. The molecule has 7 heteroatoms. The molecule has 2 aromatic carbocycles. The van der Waals surface area contributed by atoms with Crippen molar-refractivity contribution in [3.05, 3.63) is 71.3 Å². The zero-order valence-corrected chi connectivity index (χ0v) is 15.5. The molecule has 0 bridgehead atoms. The third-order valence-corrected chi connectivity index (χ3v) is 4.81. The smallest absolute Gasteiger partial charge is 0.251 e. The van der Waals surface area contributed by atoms with Gasteiger partial charge in [0.25, 0.3) is 5.91 Å². The normalized spacial score (nSPS) is 19.5. The molecule has 2 amide bonds. The lowest BCUT2D eigenvalue weighted by Crippen LogP contribution is -2.53. The Kier molecular flexibility index (Phi) is 6.36. The Balaban J connectivity index is 1.60. The highest BCUT2D eigenvalue weighted by atomic mass is 19.1. The van der Waals surface area contributed by atoms with Gasteiger partial charge in [0.2, 0.25) is 5.91 Å². The minimum Gasteiger partial charge on any atom is -0.356 e. The van der Waals surface area contributed by atoms with E-state index < -0.39 is 18.0 Å². The maximum Gasteiger partial charge on any atom is 0.251 e. The van der Waals surface area contributed by atoms with E-state index in [0.29, 0.717) is 24.9 Å². The largest absolute Gasteiger partial charge is 0.356 e. The molecule has 1 heterocycles. The van der Waals surface area contributed by atoms with Crippen molar-refractivity contribution in [2.75, 3.05) is 20.2 Å². The van der Waals surface area contributed by atoms with Gasteiger partial charge in [0.05, 0.1) is 6.04 Å². The van der Waals surface area contributed by atoms with Gasteiger partial charge in [0.1, 0.15) is 18.2 Å². The molecule has 0 unspecified atom stereocenters. The number of nitrogens with one attached hydrogen (secondary N) is 1. The summed E-state index contributed by atoms with van der Waals surface area (Å²) in [6.07, 6.45) is 0.505. The van der Waals surface area contributed by atoms with Gasteiger partial charge in [-0.3, -0.25) is 9.59 Å². The van der Waals surface area contributed by atoms with E-state index in [2.05, 4.69) is 5.32 Å². The highest BCUT2D eigenvalue weighted by Gasteiger charge is 2.39. The first kappa shape index (κ1) is 19.9. The summed E-state index contributed by atoms with van der Waals surface area (Å²) in [5.41, 5.74) is 1.61. The number of carbonyl (C=O) groups excluding carboxylic acids is 2. The fourth-order valence-electron chi connectivity index (χ4n) is 3.25.